The topological polar surface area (TPSA) is 6.48 Å². The Morgan fingerprint density at radius 1 is 0.944 bits per heavy atom. The second-order valence-electron chi connectivity index (χ2n) is 6.15. The van der Waals surface area contributed by atoms with Crippen molar-refractivity contribution in [2.45, 2.75) is 37.3 Å². The molecule has 2 heterocycles. The number of hydrogen-bond acceptors (Lipinski definition) is 2. The van der Waals surface area contributed by atoms with Gasteiger partial charge in [0.25, 0.3) is 0 Å². The van der Waals surface area contributed by atoms with Gasteiger partial charge in [-0.25, -0.2) is 0 Å². The summed E-state index contributed by atoms with van der Waals surface area (Å²) in [4.78, 5) is 5.47. The summed E-state index contributed by atoms with van der Waals surface area (Å²) in [6, 6.07) is 12.8. The molecule has 18 heavy (non-hydrogen) atoms. The van der Waals surface area contributed by atoms with Gasteiger partial charge in [0, 0.05) is 37.6 Å². The molecule has 0 bridgehead atoms. The third-order valence-electron chi connectivity index (χ3n) is 5.07. The summed E-state index contributed by atoms with van der Waals surface area (Å²) in [7, 11) is 0. The summed E-state index contributed by atoms with van der Waals surface area (Å²) < 4.78 is 0. The van der Waals surface area contributed by atoms with E-state index in [-0.39, 0.29) is 0 Å². The van der Waals surface area contributed by atoms with Crippen molar-refractivity contribution < 1.29 is 0 Å². The van der Waals surface area contributed by atoms with Gasteiger partial charge in [-0.2, -0.15) is 0 Å². The van der Waals surface area contributed by atoms with Crippen molar-refractivity contribution >= 4 is 0 Å². The molecule has 96 valence electrons. The van der Waals surface area contributed by atoms with Crippen LogP contribution in [0.1, 0.15) is 30.7 Å². The lowest BCUT2D eigenvalue weighted by Crippen LogP contribution is -2.50. The summed E-state index contributed by atoms with van der Waals surface area (Å²) in [5.74, 6) is 0.819. The Bertz CT molecular complexity index is 416. The minimum atomic E-state index is 0.819. The first-order chi connectivity index (χ1) is 8.92. The van der Waals surface area contributed by atoms with E-state index in [1.807, 2.05) is 0 Å². The molecular weight excluding hydrogens is 220 g/mol. The molecule has 0 amide bonds. The molecule has 1 saturated carbocycles. The van der Waals surface area contributed by atoms with E-state index >= 15 is 0 Å². The minimum absolute atomic E-state index is 0.819. The number of fused-ring (bicyclic) bond motifs is 1. The summed E-state index contributed by atoms with van der Waals surface area (Å²) in [6.07, 6.45) is 4.24. The highest BCUT2D eigenvalue weighted by Gasteiger charge is 2.45. The molecule has 1 aromatic carbocycles. The lowest BCUT2D eigenvalue weighted by Gasteiger charge is -2.38. The lowest BCUT2D eigenvalue weighted by atomic mass is 10.1. The molecule has 0 aromatic heterocycles. The number of piperazine rings is 1. The standard InChI is InChI=1S/C16H22N2/c1-2-5-13(6-3-1)15-11-16(15)18-10-9-17-8-4-7-14(17)12-18/h1-3,5-6,14-16H,4,7-12H2. The van der Waals surface area contributed by atoms with E-state index in [9.17, 15) is 0 Å². The SMILES string of the molecule is c1ccc(C2CC2N2CCN3CCCC3C2)cc1. The number of hydrogen-bond donors (Lipinski definition) is 0. The monoisotopic (exact) mass is 242 g/mol. The molecule has 1 aliphatic carbocycles. The summed E-state index contributed by atoms with van der Waals surface area (Å²) in [5, 5.41) is 0. The van der Waals surface area contributed by atoms with E-state index < -0.39 is 0 Å². The highest BCUT2D eigenvalue weighted by Crippen LogP contribution is 2.45. The molecule has 0 N–H and O–H groups in total. The molecule has 2 saturated heterocycles. The van der Waals surface area contributed by atoms with E-state index in [2.05, 4.69) is 40.1 Å². The molecule has 3 fully saturated rings. The molecule has 2 aliphatic heterocycles. The van der Waals surface area contributed by atoms with Gasteiger partial charge in [0.15, 0.2) is 0 Å². The van der Waals surface area contributed by atoms with Crippen molar-refractivity contribution in [1.29, 1.82) is 0 Å². The highest BCUT2D eigenvalue weighted by molar-refractivity contribution is 5.28. The zero-order chi connectivity index (χ0) is 11.9. The van der Waals surface area contributed by atoms with Crippen molar-refractivity contribution in [3.05, 3.63) is 35.9 Å². The van der Waals surface area contributed by atoms with Gasteiger partial charge < -0.3 is 0 Å². The van der Waals surface area contributed by atoms with Crippen LogP contribution in [-0.2, 0) is 0 Å². The maximum absolute atomic E-state index is 2.77. The van der Waals surface area contributed by atoms with Crippen molar-refractivity contribution in [3.8, 4) is 0 Å². The molecule has 0 radical (unpaired) electrons. The second-order valence-corrected chi connectivity index (χ2v) is 6.15. The van der Waals surface area contributed by atoms with Gasteiger partial charge in [0.2, 0.25) is 0 Å². The fourth-order valence-corrected chi connectivity index (χ4v) is 3.96. The summed E-state index contributed by atoms with van der Waals surface area (Å²) in [5.41, 5.74) is 1.55. The predicted octanol–water partition coefficient (Wildman–Crippen LogP) is 2.32. The Morgan fingerprint density at radius 2 is 1.78 bits per heavy atom. The van der Waals surface area contributed by atoms with Gasteiger partial charge >= 0.3 is 0 Å². The van der Waals surface area contributed by atoms with Gasteiger partial charge in [-0.05, 0) is 31.4 Å². The Morgan fingerprint density at radius 3 is 2.67 bits per heavy atom. The van der Waals surface area contributed by atoms with Crippen LogP contribution >= 0.6 is 0 Å². The quantitative estimate of drug-likeness (QED) is 0.785. The third-order valence-corrected chi connectivity index (χ3v) is 5.07. The van der Waals surface area contributed by atoms with Crippen LogP contribution in [0.5, 0.6) is 0 Å². The zero-order valence-corrected chi connectivity index (χ0v) is 11.0. The first-order valence-electron chi connectivity index (χ1n) is 7.45. The zero-order valence-electron chi connectivity index (χ0n) is 11.0. The molecule has 4 rings (SSSR count). The molecule has 3 atom stereocenters. The van der Waals surface area contributed by atoms with Crippen LogP contribution < -0.4 is 0 Å². The van der Waals surface area contributed by atoms with Gasteiger partial charge in [-0.3, -0.25) is 9.80 Å². The maximum atomic E-state index is 2.77. The average molecular weight is 242 g/mol. The average Bonchev–Trinajstić information content (AvgIpc) is 3.10. The van der Waals surface area contributed by atoms with Gasteiger partial charge in [0.1, 0.15) is 0 Å². The van der Waals surface area contributed by atoms with Crippen LogP contribution in [0.2, 0.25) is 0 Å². The fraction of sp³-hybridized carbons (Fsp3) is 0.625. The van der Waals surface area contributed by atoms with E-state index in [0.717, 1.165) is 18.0 Å². The Balaban J connectivity index is 1.41. The molecule has 0 spiro atoms. The molecule has 3 aliphatic rings. The Hall–Kier alpha value is -0.860. The number of benzene rings is 1. The molecule has 1 aromatic rings. The van der Waals surface area contributed by atoms with Crippen molar-refractivity contribution in [1.82, 2.24) is 9.80 Å². The Kier molecular flexibility index (Phi) is 2.66. The normalized spacial score (nSPS) is 36.6. The lowest BCUT2D eigenvalue weighted by molar-refractivity contribution is 0.0974. The minimum Gasteiger partial charge on any atom is -0.298 e. The molecule has 3 unspecified atom stereocenters. The maximum Gasteiger partial charge on any atom is 0.0224 e. The van der Waals surface area contributed by atoms with Crippen LogP contribution in [-0.4, -0.2) is 48.1 Å². The van der Waals surface area contributed by atoms with Gasteiger partial charge in [-0.15, -0.1) is 0 Å². The first kappa shape index (κ1) is 11.0. The van der Waals surface area contributed by atoms with E-state index in [1.54, 1.807) is 5.56 Å². The van der Waals surface area contributed by atoms with E-state index in [1.165, 1.54) is 45.4 Å². The summed E-state index contributed by atoms with van der Waals surface area (Å²) >= 11 is 0. The van der Waals surface area contributed by atoms with Crippen molar-refractivity contribution in [2.24, 2.45) is 0 Å². The third kappa shape index (κ3) is 1.88. The van der Waals surface area contributed by atoms with Crippen LogP contribution in [0.25, 0.3) is 0 Å². The second kappa shape index (κ2) is 4.36. The highest BCUT2D eigenvalue weighted by atomic mass is 15.3. The molecule has 2 nitrogen and oxygen atoms in total. The van der Waals surface area contributed by atoms with Crippen molar-refractivity contribution in [2.75, 3.05) is 26.2 Å². The summed E-state index contributed by atoms with van der Waals surface area (Å²) in [6.45, 7) is 5.28. The smallest absolute Gasteiger partial charge is 0.0224 e. The number of nitrogens with zero attached hydrogens (tertiary/aromatic N) is 2. The van der Waals surface area contributed by atoms with E-state index in [0.29, 0.717) is 0 Å². The van der Waals surface area contributed by atoms with Gasteiger partial charge in [-0.1, -0.05) is 30.3 Å². The molecular formula is C16H22N2. The first-order valence-corrected chi connectivity index (χ1v) is 7.45. The van der Waals surface area contributed by atoms with Crippen LogP contribution in [0.15, 0.2) is 30.3 Å². The largest absolute Gasteiger partial charge is 0.298 e. The van der Waals surface area contributed by atoms with E-state index in [4.69, 9.17) is 0 Å². The van der Waals surface area contributed by atoms with Crippen LogP contribution in [0.3, 0.4) is 0 Å². The molecule has 2 heteroatoms. The predicted molar refractivity (Wildman–Crippen MR) is 73.8 cm³/mol. The van der Waals surface area contributed by atoms with Crippen LogP contribution in [0, 0.1) is 0 Å². The van der Waals surface area contributed by atoms with Crippen LogP contribution in [0.4, 0.5) is 0 Å². The fourth-order valence-electron chi connectivity index (χ4n) is 3.96. The van der Waals surface area contributed by atoms with Gasteiger partial charge in [0.05, 0.1) is 0 Å². The number of rotatable bonds is 2. The Labute approximate surface area is 110 Å². The van der Waals surface area contributed by atoms with Crippen molar-refractivity contribution in [3.63, 3.8) is 0 Å².